The number of para-hydroxylation sites is 1. The summed E-state index contributed by atoms with van der Waals surface area (Å²) in [5, 5.41) is 7.59. The number of hydrogen-bond donors (Lipinski definition) is 1. The molecule has 0 aliphatic rings. The van der Waals surface area contributed by atoms with Crippen molar-refractivity contribution in [1.82, 2.24) is 15.1 Å². The van der Waals surface area contributed by atoms with E-state index in [1.807, 2.05) is 24.3 Å². The summed E-state index contributed by atoms with van der Waals surface area (Å²) in [6.45, 7) is 3.18. The highest BCUT2D eigenvalue weighted by Crippen LogP contribution is 2.32. The van der Waals surface area contributed by atoms with Gasteiger partial charge in [-0.05, 0) is 26.0 Å². The summed E-state index contributed by atoms with van der Waals surface area (Å²) in [6.07, 6.45) is 0.435. The third-order valence-electron chi connectivity index (χ3n) is 4.01. The maximum Gasteiger partial charge on any atom is 0.317 e. The van der Waals surface area contributed by atoms with Crippen molar-refractivity contribution in [2.45, 2.75) is 25.0 Å². The molecule has 3 aromatic heterocycles. The molecule has 148 valence electrons. The van der Waals surface area contributed by atoms with E-state index in [4.69, 9.17) is 13.7 Å². The van der Waals surface area contributed by atoms with Crippen molar-refractivity contribution in [3.05, 3.63) is 42.4 Å². The lowest BCUT2D eigenvalue weighted by atomic mass is 10.2. The summed E-state index contributed by atoms with van der Waals surface area (Å²) >= 11 is 1.16. The SMILES string of the molecule is Cc1cc(NC(=O)[C@@H](C)OC(=O)CSc2ncnc3c2oc2ccccc23)no1. The minimum absolute atomic E-state index is 0.0379. The summed E-state index contributed by atoms with van der Waals surface area (Å²) < 4.78 is 15.9. The smallest absolute Gasteiger partial charge is 0.317 e. The zero-order valence-corrected chi connectivity index (χ0v) is 16.4. The van der Waals surface area contributed by atoms with E-state index in [9.17, 15) is 9.59 Å². The van der Waals surface area contributed by atoms with E-state index in [1.165, 1.54) is 13.3 Å². The molecule has 0 spiro atoms. The minimum atomic E-state index is -0.989. The van der Waals surface area contributed by atoms with Crippen LogP contribution in [0.4, 0.5) is 5.82 Å². The first-order valence-corrected chi connectivity index (χ1v) is 9.68. The van der Waals surface area contributed by atoms with E-state index in [0.717, 1.165) is 17.1 Å². The Morgan fingerprint density at radius 1 is 1.28 bits per heavy atom. The van der Waals surface area contributed by atoms with Gasteiger partial charge in [-0.25, -0.2) is 9.97 Å². The van der Waals surface area contributed by atoms with Crippen LogP contribution in [-0.4, -0.2) is 38.9 Å². The highest BCUT2D eigenvalue weighted by atomic mass is 32.2. The number of carbonyl (C=O) groups excluding carboxylic acids is 2. The van der Waals surface area contributed by atoms with Crippen LogP contribution in [0.25, 0.3) is 22.1 Å². The molecule has 0 bridgehead atoms. The Hall–Kier alpha value is -3.40. The Labute approximate surface area is 168 Å². The number of thioether (sulfide) groups is 1. The number of fused-ring (bicyclic) bond motifs is 3. The molecule has 1 amide bonds. The predicted octanol–water partition coefficient (Wildman–Crippen LogP) is 3.33. The standard InChI is InChI=1S/C19H16N4O5S/c1-10-7-14(23-28-10)22-18(25)11(2)26-15(24)8-29-19-17-16(20-9-21-19)12-5-3-4-6-13(12)27-17/h3-7,9,11H,8H2,1-2H3,(H,22,23,25)/t11-/m1/s1. The van der Waals surface area contributed by atoms with E-state index in [0.29, 0.717) is 27.5 Å². The molecular weight excluding hydrogens is 396 g/mol. The van der Waals surface area contributed by atoms with Crippen LogP contribution in [0.3, 0.4) is 0 Å². The van der Waals surface area contributed by atoms with Crippen molar-refractivity contribution in [2.24, 2.45) is 0 Å². The molecule has 0 fully saturated rings. The number of benzene rings is 1. The molecule has 3 heterocycles. The predicted molar refractivity (Wildman–Crippen MR) is 105 cm³/mol. The number of aromatic nitrogens is 3. The number of rotatable bonds is 6. The van der Waals surface area contributed by atoms with E-state index >= 15 is 0 Å². The van der Waals surface area contributed by atoms with E-state index in [-0.39, 0.29) is 11.6 Å². The second kappa shape index (κ2) is 7.92. The van der Waals surface area contributed by atoms with Crippen molar-refractivity contribution in [2.75, 3.05) is 11.1 Å². The van der Waals surface area contributed by atoms with Gasteiger partial charge < -0.3 is 19.0 Å². The third-order valence-corrected chi connectivity index (χ3v) is 4.95. The van der Waals surface area contributed by atoms with Gasteiger partial charge in [0.25, 0.3) is 5.91 Å². The van der Waals surface area contributed by atoms with Gasteiger partial charge in [-0.1, -0.05) is 29.1 Å². The number of aryl methyl sites for hydroxylation is 1. The van der Waals surface area contributed by atoms with Crippen molar-refractivity contribution in [3.63, 3.8) is 0 Å². The number of ether oxygens (including phenoxy) is 1. The van der Waals surface area contributed by atoms with Gasteiger partial charge in [-0.15, -0.1) is 0 Å². The number of esters is 1. The molecular formula is C19H16N4O5S. The lowest BCUT2D eigenvalue weighted by molar-refractivity contribution is -0.150. The molecule has 1 N–H and O–H groups in total. The van der Waals surface area contributed by atoms with E-state index in [1.54, 1.807) is 13.0 Å². The maximum atomic E-state index is 12.2. The lowest BCUT2D eigenvalue weighted by Gasteiger charge is -2.11. The van der Waals surface area contributed by atoms with Gasteiger partial charge >= 0.3 is 5.97 Å². The minimum Gasteiger partial charge on any atom is -0.452 e. The molecule has 0 radical (unpaired) electrons. The average Bonchev–Trinajstić information content (AvgIpc) is 3.29. The number of nitrogens with zero attached hydrogens (tertiary/aromatic N) is 3. The second-order valence-corrected chi connectivity index (χ2v) is 7.15. The molecule has 0 aliphatic carbocycles. The summed E-state index contributed by atoms with van der Waals surface area (Å²) in [5.74, 6) is -0.277. The molecule has 0 aliphatic heterocycles. The molecule has 10 heteroatoms. The number of furan rings is 1. The van der Waals surface area contributed by atoms with Gasteiger partial charge in [0.1, 0.15) is 28.2 Å². The molecule has 0 saturated heterocycles. The van der Waals surface area contributed by atoms with Crippen molar-refractivity contribution >= 4 is 51.5 Å². The summed E-state index contributed by atoms with van der Waals surface area (Å²) in [5.41, 5.74) is 1.89. The largest absolute Gasteiger partial charge is 0.452 e. The molecule has 1 aromatic carbocycles. The summed E-state index contributed by atoms with van der Waals surface area (Å²) in [6, 6.07) is 9.09. The Morgan fingerprint density at radius 3 is 2.90 bits per heavy atom. The Balaban J connectivity index is 1.38. The average molecular weight is 412 g/mol. The number of amides is 1. The van der Waals surface area contributed by atoms with Gasteiger partial charge in [-0.3, -0.25) is 9.59 Å². The topological polar surface area (TPSA) is 120 Å². The van der Waals surface area contributed by atoms with Crippen LogP contribution in [-0.2, 0) is 14.3 Å². The number of carbonyl (C=O) groups is 2. The summed E-state index contributed by atoms with van der Waals surface area (Å²) in [4.78, 5) is 32.7. The van der Waals surface area contributed by atoms with Crippen molar-refractivity contribution in [1.29, 1.82) is 0 Å². The van der Waals surface area contributed by atoms with Crippen LogP contribution < -0.4 is 5.32 Å². The van der Waals surface area contributed by atoms with Gasteiger partial charge in [0.2, 0.25) is 0 Å². The van der Waals surface area contributed by atoms with Crippen LogP contribution in [0.2, 0.25) is 0 Å². The first-order valence-electron chi connectivity index (χ1n) is 8.70. The van der Waals surface area contributed by atoms with Crippen molar-refractivity contribution < 1.29 is 23.3 Å². The maximum absolute atomic E-state index is 12.2. The van der Waals surface area contributed by atoms with Crippen LogP contribution >= 0.6 is 11.8 Å². The number of nitrogens with one attached hydrogen (secondary N) is 1. The molecule has 0 unspecified atom stereocenters. The van der Waals surface area contributed by atoms with Gasteiger partial charge in [0.05, 0.1) is 5.75 Å². The molecule has 0 saturated carbocycles. The van der Waals surface area contributed by atoms with Crippen LogP contribution in [0.1, 0.15) is 12.7 Å². The number of anilines is 1. The van der Waals surface area contributed by atoms with Crippen molar-refractivity contribution in [3.8, 4) is 0 Å². The Morgan fingerprint density at radius 2 is 2.10 bits per heavy atom. The normalized spacial score (nSPS) is 12.2. The first kappa shape index (κ1) is 18.9. The molecule has 29 heavy (non-hydrogen) atoms. The molecule has 4 rings (SSSR count). The molecule has 9 nitrogen and oxygen atoms in total. The molecule has 1 atom stereocenters. The first-order chi connectivity index (χ1) is 14.0. The zero-order chi connectivity index (χ0) is 20.4. The van der Waals surface area contributed by atoms with Crippen LogP contribution in [0, 0.1) is 6.92 Å². The van der Waals surface area contributed by atoms with Gasteiger partial charge in [-0.2, -0.15) is 0 Å². The Bertz CT molecular complexity index is 1200. The van der Waals surface area contributed by atoms with E-state index in [2.05, 4.69) is 20.4 Å². The molecule has 4 aromatic rings. The van der Waals surface area contributed by atoms with Crippen LogP contribution in [0.15, 0.2) is 50.6 Å². The van der Waals surface area contributed by atoms with Crippen LogP contribution in [0.5, 0.6) is 0 Å². The monoisotopic (exact) mass is 412 g/mol. The van der Waals surface area contributed by atoms with E-state index < -0.39 is 18.0 Å². The van der Waals surface area contributed by atoms with Gasteiger partial charge in [0, 0.05) is 11.5 Å². The highest BCUT2D eigenvalue weighted by Gasteiger charge is 2.20. The third kappa shape index (κ3) is 4.06. The number of hydrogen-bond acceptors (Lipinski definition) is 9. The fourth-order valence-corrected chi connectivity index (χ4v) is 3.38. The van der Waals surface area contributed by atoms with Gasteiger partial charge in [0.15, 0.2) is 17.5 Å². The highest BCUT2D eigenvalue weighted by molar-refractivity contribution is 8.00. The fraction of sp³-hybridized carbons (Fsp3) is 0.211. The zero-order valence-electron chi connectivity index (χ0n) is 15.5. The summed E-state index contributed by atoms with van der Waals surface area (Å²) in [7, 11) is 0. The fourth-order valence-electron chi connectivity index (χ4n) is 2.67. The quantitative estimate of drug-likeness (QED) is 0.289. The second-order valence-electron chi connectivity index (χ2n) is 6.19. The Kier molecular flexibility index (Phi) is 5.17. The lowest BCUT2D eigenvalue weighted by Crippen LogP contribution is -2.30.